The van der Waals surface area contributed by atoms with Crippen LogP contribution in [0.5, 0.6) is 11.5 Å². The molecule has 0 amide bonds. The van der Waals surface area contributed by atoms with E-state index in [1.165, 1.54) is 0 Å². The van der Waals surface area contributed by atoms with Crippen LogP contribution >= 0.6 is 12.2 Å². The average Bonchev–Trinajstić information content (AvgIpc) is 3.50. The minimum atomic E-state index is -0.141. The highest BCUT2D eigenvalue weighted by atomic mass is 32.1. The lowest BCUT2D eigenvalue weighted by molar-refractivity contribution is 0.0895. The molecule has 8 heteroatoms. The zero-order valence-electron chi connectivity index (χ0n) is 18.5. The summed E-state index contributed by atoms with van der Waals surface area (Å²) < 4.78 is 16.8. The number of rotatable bonds is 6. The smallest absolute Gasteiger partial charge is 0.253 e. The van der Waals surface area contributed by atoms with Crippen LogP contribution in [-0.2, 0) is 11.3 Å². The molecule has 0 saturated carbocycles. The quantitative estimate of drug-likeness (QED) is 0.535. The number of nitrogens with zero attached hydrogens (tertiary/aromatic N) is 1. The van der Waals surface area contributed by atoms with Gasteiger partial charge < -0.3 is 29.4 Å². The van der Waals surface area contributed by atoms with Crippen molar-refractivity contribution >= 4 is 28.2 Å². The molecule has 0 radical (unpaired) electrons. The Morgan fingerprint density at radius 2 is 2.00 bits per heavy atom. The summed E-state index contributed by atoms with van der Waals surface area (Å²) in [6, 6.07) is 15.8. The molecule has 33 heavy (non-hydrogen) atoms. The molecule has 0 aliphatic carbocycles. The van der Waals surface area contributed by atoms with Gasteiger partial charge in [0, 0.05) is 30.2 Å². The van der Waals surface area contributed by atoms with E-state index in [1.54, 1.807) is 6.07 Å². The number of thiocarbonyl (C=S) groups is 1. The van der Waals surface area contributed by atoms with Gasteiger partial charge in [-0.05, 0) is 49.7 Å². The number of hydrogen-bond donors (Lipinski definition) is 2. The van der Waals surface area contributed by atoms with E-state index in [4.69, 9.17) is 26.4 Å². The Morgan fingerprint density at radius 3 is 2.76 bits per heavy atom. The van der Waals surface area contributed by atoms with Gasteiger partial charge in [0.25, 0.3) is 5.56 Å². The minimum Gasteiger partial charge on any atom is -0.454 e. The fourth-order valence-corrected chi connectivity index (χ4v) is 4.64. The summed E-state index contributed by atoms with van der Waals surface area (Å²) in [5, 5.41) is 4.93. The molecule has 172 valence electrons. The van der Waals surface area contributed by atoms with Gasteiger partial charge in [-0.15, -0.1) is 0 Å². The maximum atomic E-state index is 12.9. The second-order valence-corrected chi connectivity index (χ2v) is 8.90. The van der Waals surface area contributed by atoms with Crippen molar-refractivity contribution in [2.24, 2.45) is 0 Å². The lowest BCUT2D eigenvalue weighted by atomic mass is 10.1. The molecule has 3 heterocycles. The van der Waals surface area contributed by atoms with Gasteiger partial charge in [-0.2, -0.15) is 0 Å². The summed E-state index contributed by atoms with van der Waals surface area (Å²) in [6.07, 6.45) is 2.14. The highest BCUT2D eigenvalue weighted by molar-refractivity contribution is 7.80. The summed E-state index contributed by atoms with van der Waals surface area (Å²) in [5.41, 5.74) is 2.36. The van der Waals surface area contributed by atoms with E-state index in [2.05, 4.69) is 29.4 Å². The van der Waals surface area contributed by atoms with E-state index in [0.29, 0.717) is 35.3 Å². The highest BCUT2D eigenvalue weighted by Gasteiger charge is 2.23. The van der Waals surface area contributed by atoms with E-state index in [1.807, 2.05) is 35.2 Å². The third-order valence-electron chi connectivity index (χ3n) is 6.15. The number of nitrogens with one attached hydrogen (secondary N) is 2. The summed E-state index contributed by atoms with van der Waals surface area (Å²) >= 11 is 5.80. The Hall–Kier alpha value is -3.10. The summed E-state index contributed by atoms with van der Waals surface area (Å²) in [4.78, 5) is 17.9. The number of pyridine rings is 1. The Morgan fingerprint density at radius 1 is 1.21 bits per heavy atom. The van der Waals surface area contributed by atoms with Crippen LogP contribution in [0, 0.1) is 0 Å². The first kappa shape index (κ1) is 21.7. The van der Waals surface area contributed by atoms with Gasteiger partial charge in [-0.25, -0.2) is 0 Å². The molecule has 7 nitrogen and oxygen atoms in total. The van der Waals surface area contributed by atoms with E-state index in [0.717, 1.165) is 35.9 Å². The second-order valence-electron chi connectivity index (χ2n) is 8.51. The molecule has 1 fully saturated rings. The SMILES string of the molecule is CC(NC(=S)N(Cc1cc2cc3c(cc2[nH]c1=O)OCO3)CC1CCCO1)c1ccccc1. The lowest BCUT2D eigenvalue weighted by Gasteiger charge is -2.30. The third-order valence-corrected chi connectivity index (χ3v) is 6.53. The first-order chi connectivity index (χ1) is 16.1. The number of ether oxygens (including phenoxy) is 3. The van der Waals surface area contributed by atoms with E-state index >= 15 is 0 Å². The van der Waals surface area contributed by atoms with Gasteiger partial charge >= 0.3 is 0 Å². The molecule has 5 rings (SSSR count). The topological polar surface area (TPSA) is 75.8 Å². The summed E-state index contributed by atoms with van der Waals surface area (Å²) in [7, 11) is 0. The Labute approximate surface area is 197 Å². The predicted octanol–water partition coefficient (Wildman–Crippen LogP) is 3.87. The normalized spacial score (nSPS) is 17.8. The Bertz CT molecular complexity index is 1210. The van der Waals surface area contributed by atoms with Crippen molar-refractivity contribution in [2.75, 3.05) is 19.9 Å². The summed E-state index contributed by atoms with van der Waals surface area (Å²) in [5.74, 6) is 1.33. The predicted molar refractivity (Wildman–Crippen MR) is 131 cm³/mol. The number of H-pyrrole nitrogens is 1. The van der Waals surface area contributed by atoms with Crippen molar-refractivity contribution in [3.63, 3.8) is 0 Å². The highest BCUT2D eigenvalue weighted by Crippen LogP contribution is 2.35. The lowest BCUT2D eigenvalue weighted by Crippen LogP contribution is -2.44. The van der Waals surface area contributed by atoms with Gasteiger partial charge in [0.1, 0.15) is 0 Å². The molecule has 0 spiro atoms. The largest absolute Gasteiger partial charge is 0.454 e. The summed E-state index contributed by atoms with van der Waals surface area (Å²) in [6.45, 7) is 4.05. The van der Waals surface area contributed by atoms with Gasteiger partial charge in [0.15, 0.2) is 16.6 Å². The molecule has 2 aliphatic heterocycles. The van der Waals surface area contributed by atoms with Crippen LogP contribution in [0.25, 0.3) is 10.9 Å². The average molecular weight is 466 g/mol. The van der Waals surface area contributed by atoms with Crippen LogP contribution in [-0.4, -0.2) is 41.0 Å². The molecule has 2 aromatic carbocycles. The zero-order valence-corrected chi connectivity index (χ0v) is 19.3. The van der Waals surface area contributed by atoms with E-state index < -0.39 is 0 Å². The first-order valence-corrected chi connectivity index (χ1v) is 11.7. The van der Waals surface area contributed by atoms with Crippen LogP contribution in [0.2, 0.25) is 0 Å². The molecule has 2 atom stereocenters. The van der Waals surface area contributed by atoms with Crippen molar-refractivity contribution in [1.29, 1.82) is 0 Å². The monoisotopic (exact) mass is 465 g/mol. The molecule has 1 saturated heterocycles. The standard InChI is InChI=1S/C25H27N3O4S/c1-16(17-6-3-2-4-7-17)26-25(33)28(14-20-8-5-9-30-20)13-19-10-18-11-22-23(32-15-31-22)12-21(18)27-24(19)29/h2-4,6-7,10-12,16,20H,5,8-9,13-15H2,1H3,(H,26,33)(H,27,29). The molecule has 2 unspecified atom stereocenters. The van der Waals surface area contributed by atoms with Crippen molar-refractivity contribution in [3.05, 3.63) is 70.0 Å². The van der Waals surface area contributed by atoms with Crippen LogP contribution < -0.4 is 20.3 Å². The fourth-order valence-electron chi connectivity index (χ4n) is 4.32. The second kappa shape index (κ2) is 9.41. The van der Waals surface area contributed by atoms with Crippen molar-refractivity contribution < 1.29 is 14.2 Å². The molecule has 1 aromatic heterocycles. The Balaban J connectivity index is 1.39. The molecule has 2 N–H and O–H groups in total. The third kappa shape index (κ3) is 4.82. The number of hydrogen-bond acceptors (Lipinski definition) is 5. The number of aromatic nitrogens is 1. The maximum absolute atomic E-state index is 12.9. The van der Waals surface area contributed by atoms with Crippen molar-refractivity contribution in [2.45, 2.75) is 38.5 Å². The number of aromatic amines is 1. The number of fused-ring (bicyclic) bond motifs is 2. The number of benzene rings is 2. The van der Waals surface area contributed by atoms with Gasteiger partial charge in [-0.1, -0.05) is 30.3 Å². The van der Waals surface area contributed by atoms with Crippen LogP contribution in [0.4, 0.5) is 0 Å². The molecule has 2 aliphatic rings. The molecule has 3 aromatic rings. The van der Waals surface area contributed by atoms with E-state index in [-0.39, 0.29) is 24.5 Å². The van der Waals surface area contributed by atoms with Crippen LogP contribution in [0.1, 0.15) is 36.9 Å². The minimum absolute atomic E-state index is 0.0420. The van der Waals surface area contributed by atoms with Crippen LogP contribution in [0.3, 0.4) is 0 Å². The maximum Gasteiger partial charge on any atom is 0.253 e. The zero-order chi connectivity index (χ0) is 22.8. The molecular formula is C25H27N3O4S. The fraction of sp³-hybridized carbons (Fsp3) is 0.360. The van der Waals surface area contributed by atoms with E-state index in [9.17, 15) is 4.79 Å². The van der Waals surface area contributed by atoms with Gasteiger partial charge in [0.2, 0.25) is 6.79 Å². The van der Waals surface area contributed by atoms with Gasteiger partial charge in [-0.3, -0.25) is 4.79 Å². The molecule has 0 bridgehead atoms. The van der Waals surface area contributed by atoms with Crippen molar-refractivity contribution in [3.8, 4) is 11.5 Å². The Kier molecular flexibility index (Phi) is 6.20. The van der Waals surface area contributed by atoms with Gasteiger partial charge in [0.05, 0.1) is 24.2 Å². The molecular weight excluding hydrogens is 438 g/mol. The van der Waals surface area contributed by atoms with Crippen molar-refractivity contribution in [1.82, 2.24) is 15.2 Å². The van der Waals surface area contributed by atoms with Crippen LogP contribution in [0.15, 0.2) is 53.3 Å². The first-order valence-electron chi connectivity index (χ1n) is 11.2.